The van der Waals surface area contributed by atoms with Crippen molar-refractivity contribution in [3.8, 4) is 0 Å². The molecule has 98 valence electrons. The van der Waals surface area contributed by atoms with E-state index in [0.717, 1.165) is 14.2 Å². The van der Waals surface area contributed by atoms with Gasteiger partial charge in [0.1, 0.15) is 0 Å². The molecule has 0 bridgehead atoms. The van der Waals surface area contributed by atoms with E-state index < -0.39 is 29.7 Å². The molecule has 0 radical (unpaired) electrons. The van der Waals surface area contributed by atoms with Gasteiger partial charge in [0, 0.05) is 0 Å². The van der Waals surface area contributed by atoms with Crippen LogP contribution in [0.15, 0.2) is 0 Å². The molecule has 0 spiro atoms. The summed E-state index contributed by atoms with van der Waals surface area (Å²) >= 11 is 0. The van der Waals surface area contributed by atoms with Crippen LogP contribution in [0, 0.1) is 17.8 Å². The highest BCUT2D eigenvalue weighted by Gasteiger charge is 2.43. The van der Waals surface area contributed by atoms with Crippen molar-refractivity contribution >= 4 is 17.9 Å². The van der Waals surface area contributed by atoms with Gasteiger partial charge < -0.3 is 14.2 Å². The molecule has 0 aromatic rings. The second-order valence-corrected chi connectivity index (χ2v) is 3.82. The number of methoxy groups -OCH3 is 3. The number of rotatable bonds is 5. The Kier molecular flexibility index (Phi) is 6.23. The lowest BCUT2D eigenvalue weighted by atomic mass is 9.83. The van der Waals surface area contributed by atoms with Crippen molar-refractivity contribution in [2.45, 2.75) is 13.8 Å². The van der Waals surface area contributed by atoms with Crippen LogP contribution >= 0.6 is 0 Å². The SMILES string of the molecule is COC(=O)C(C(=O)OC)[C@H](C(=O)OC)C(C)C. The Morgan fingerprint density at radius 1 is 0.765 bits per heavy atom. The van der Waals surface area contributed by atoms with E-state index in [9.17, 15) is 14.4 Å². The van der Waals surface area contributed by atoms with Gasteiger partial charge in [0.2, 0.25) is 0 Å². The predicted octanol–water partition coefficient (Wildman–Crippen LogP) is 0.394. The smallest absolute Gasteiger partial charge is 0.320 e. The summed E-state index contributed by atoms with van der Waals surface area (Å²) in [4.78, 5) is 34.7. The van der Waals surface area contributed by atoms with E-state index in [-0.39, 0.29) is 5.92 Å². The van der Waals surface area contributed by atoms with Gasteiger partial charge in [-0.15, -0.1) is 0 Å². The molecular formula is C11H18O6. The molecular weight excluding hydrogens is 228 g/mol. The summed E-state index contributed by atoms with van der Waals surface area (Å²) in [5.74, 6) is -4.72. The molecule has 6 nitrogen and oxygen atoms in total. The van der Waals surface area contributed by atoms with Crippen molar-refractivity contribution < 1.29 is 28.6 Å². The third kappa shape index (κ3) is 3.72. The maximum Gasteiger partial charge on any atom is 0.320 e. The van der Waals surface area contributed by atoms with Gasteiger partial charge in [-0.25, -0.2) is 0 Å². The Bertz CT molecular complexity index is 280. The predicted molar refractivity (Wildman–Crippen MR) is 57.9 cm³/mol. The highest BCUT2D eigenvalue weighted by atomic mass is 16.5. The molecule has 0 aliphatic carbocycles. The highest BCUT2D eigenvalue weighted by molar-refractivity contribution is 5.99. The summed E-state index contributed by atoms with van der Waals surface area (Å²) in [5, 5.41) is 0. The molecule has 0 aromatic carbocycles. The summed E-state index contributed by atoms with van der Waals surface area (Å²) in [6, 6.07) is 0. The third-order valence-electron chi connectivity index (χ3n) is 2.46. The lowest BCUT2D eigenvalue weighted by molar-refractivity contribution is -0.170. The number of hydrogen-bond donors (Lipinski definition) is 0. The van der Waals surface area contributed by atoms with Crippen molar-refractivity contribution in [3.05, 3.63) is 0 Å². The molecule has 0 unspecified atom stereocenters. The minimum absolute atomic E-state index is 0.259. The maximum atomic E-state index is 11.6. The molecule has 0 saturated heterocycles. The normalized spacial score (nSPS) is 12.2. The quantitative estimate of drug-likeness (QED) is 0.397. The van der Waals surface area contributed by atoms with E-state index in [0.29, 0.717) is 0 Å². The van der Waals surface area contributed by atoms with Crippen LogP contribution in [0.5, 0.6) is 0 Å². The molecule has 0 fully saturated rings. The zero-order valence-electron chi connectivity index (χ0n) is 10.7. The highest BCUT2D eigenvalue weighted by Crippen LogP contribution is 2.25. The monoisotopic (exact) mass is 246 g/mol. The van der Waals surface area contributed by atoms with Gasteiger partial charge in [-0.3, -0.25) is 14.4 Å². The third-order valence-corrected chi connectivity index (χ3v) is 2.46. The van der Waals surface area contributed by atoms with E-state index in [1.807, 2.05) is 0 Å². The molecule has 0 rings (SSSR count). The van der Waals surface area contributed by atoms with Crippen molar-refractivity contribution in [2.75, 3.05) is 21.3 Å². The first kappa shape index (κ1) is 15.4. The number of carbonyl (C=O) groups is 3. The summed E-state index contributed by atoms with van der Waals surface area (Å²) < 4.78 is 13.6. The zero-order valence-corrected chi connectivity index (χ0v) is 10.7. The van der Waals surface area contributed by atoms with Gasteiger partial charge in [0.15, 0.2) is 5.92 Å². The number of esters is 3. The Hall–Kier alpha value is -1.59. The largest absolute Gasteiger partial charge is 0.469 e. The molecule has 0 aliphatic heterocycles. The molecule has 0 saturated carbocycles. The van der Waals surface area contributed by atoms with Crippen LogP contribution in [0.3, 0.4) is 0 Å². The topological polar surface area (TPSA) is 78.9 Å². The first-order valence-corrected chi connectivity index (χ1v) is 5.14. The summed E-state index contributed by atoms with van der Waals surface area (Å²) in [6.45, 7) is 3.42. The second kappa shape index (κ2) is 6.88. The van der Waals surface area contributed by atoms with Crippen molar-refractivity contribution in [2.24, 2.45) is 17.8 Å². The van der Waals surface area contributed by atoms with E-state index >= 15 is 0 Å². The average Bonchev–Trinajstić information content (AvgIpc) is 2.32. The maximum absolute atomic E-state index is 11.6. The molecule has 0 amide bonds. The summed E-state index contributed by atoms with van der Waals surface area (Å²) in [5.41, 5.74) is 0. The van der Waals surface area contributed by atoms with Gasteiger partial charge in [-0.05, 0) is 5.92 Å². The molecule has 1 atom stereocenters. The molecule has 6 heteroatoms. The number of ether oxygens (including phenoxy) is 3. The first-order chi connectivity index (χ1) is 7.90. The Balaban J connectivity index is 5.29. The van der Waals surface area contributed by atoms with Crippen LogP contribution in [0.25, 0.3) is 0 Å². The van der Waals surface area contributed by atoms with Crippen LogP contribution in [0.2, 0.25) is 0 Å². The Morgan fingerprint density at radius 2 is 1.12 bits per heavy atom. The lowest BCUT2D eigenvalue weighted by Gasteiger charge is -2.23. The molecule has 0 N–H and O–H groups in total. The van der Waals surface area contributed by atoms with Crippen LogP contribution in [-0.2, 0) is 28.6 Å². The Labute approximate surface area is 100 Å². The zero-order chi connectivity index (χ0) is 13.6. The van der Waals surface area contributed by atoms with Crippen LogP contribution in [0.1, 0.15) is 13.8 Å². The van der Waals surface area contributed by atoms with Gasteiger partial charge in [0.25, 0.3) is 0 Å². The standard InChI is InChI=1S/C11H18O6/c1-6(2)7(9(12)15-3)8(10(13)16-4)11(14)17-5/h6-8H,1-5H3/t7-/m1/s1. The molecule has 17 heavy (non-hydrogen) atoms. The minimum Gasteiger partial charge on any atom is -0.469 e. The van der Waals surface area contributed by atoms with Crippen molar-refractivity contribution in [1.29, 1.82) is 0 Å². The molecule has 0 aliphatic rings. The average molecular weight is 246 g/mol. The van der Waals surface area contributed by atoms with Crippen LogP contribution < -0.4 is 0 Å². The summed E-state index contributed by atoms with van der Waals surface area (Å²) in [7, 11) is 3.49. The summed E-state index contributed by atoms with van der Waals surface area (Å²) in [6.07, 6.45) is 0. The number of carbonyl (C=O) groups excluding carboxylic acids is 3. The minimum atomic E-state index is -1.29. The first-order valence-electron chi connectivity index (χ1n) is 5.14. The fraction of sp³-hybridized carbons (Fsp3) is 0.727. The van der Waals surface area contributed by atoms with Crippen molar-refractivity contribution in [1.82, 2.24) is 0 Å². The number of hydrogen-bond acceptors (Lipinski definition) is 6. The fourth-order valence-electron chi connectivity index (χ4n) is 1.57. The van der Waals surface area contributed by atoms with Gasteiger partial charge in [-0.2, -0.15) is 0 Å². The van der Waals surface area contributed by atoms with Crippen molar-refractivity contribution in [3.63, 3.8) is 0 Å². The molecule has 0 heterocycles. The van der Waals surface area contributed by atoms with Crippen LogP contribution in [-0.4, -0.2) is 39.2 Å². The van der Waals surface area contributed by atoms with E-state index in [4.69, 9.17) is 0 Å². The van der Waals surface area contributed by atoms with E-state index in [1.54, 1.807) is 13.8 Å². The van der Waals surface area contributed by atoms with Gasteiger partial charge in [-0.1, -0.05) is 13.8 Å². The Morgan fingerprint density at radius 3 is 1.35 bits per heavy atom. The van der Waals surface area contributed by atoms with E-state index in [1.165, 1.54) is 7.11 Å². The molecule has 0 aromatic heterocycles. The second-order valence-electron chi connectivity index (χ2n) is 3.82. The lowest BCUT2D eigenvalue weighted by Crippen LogP contribution is -2.40. The van der Waals surface area contributed by atoms with Gasteiger partial charge in [0.05, 0.1) is 27.2 Å². The van der Waals surface area contributed by atoms with E-state index in [2.05, 4.69) is 14.2 Å². The van der Waals surface area contributed by atoms with Crippen LogP contribution in [0.4, 0.5) is 0 Å². The van der Waals surface area contributed by atoms with Gasteiger partial charge >= 0.3 is 17.9 Å². The fourth-order valence-corrected chi connectivity index (χ4v) is 1.57.